The fraction of sp³-hybridized carbons (Fsp3) is 1.00. The number of nitro groups is 2. The summed E-state index contributed by atoms with van der Waals surface area (Å²) in [5, 5.41) is 41.9. The lowest BCUT2D eigenvalue weighted by atomic mass is 9.64. The van der Waals surface area contributed by atoms with E-state index in [1.165, 1.54) is 0 Å². The van der Waals surface area contributed by atoms with E-state index in [9.17, 15) is 30.4 Å². The number of ether oxygens (including phenoxy) is 1. The monoisotopic (exact) mass is 274 g/mol. The molecule has 0 unspecified atom stereocenters. The highest BCUT2D eigenvalue weighted by Gasteiger charge is 2.75. The first-order chi connectivity index (χ1) is 8.88. The SMILES string of the molecule is O=[N+]([O-])[C@@H]1CC[C@H]2[C@@H]([N+](=O)[O-])[C@H]3O[C@]2(C1)[C@H](O)[C@@H]3O. The molecule has 0 radical (unpaired) electrons. The molecule has 3 rings (SSSR count). The molecule has 3 aliphatic rings. The third kappa shape index (κ3) is 1.46. The molecule has 0 amide bonds. The quantitative estimate of drug-likeness (QED) is 0.484. The minimum Gasteiger partial charge on any atom is -0.387 e. The third-order valence-corrected chi connectivity index (χ3v) is 4.80. The predicted octanol–water partition coefficient (Wildman–Crippen LogP) is -1.05. The molecule has 106 valence electrons. The zero-order chi connectivity index (χ0) is 13.9. The van der Waals surface area contributed by atoms with Crippen molar-refractivity contribution < 1.29 is 24.8 Å². The van der Waals surface area contributed by atoms with Crippen molar-refractivity contribution in [2.75, 3.05) is 0 Å². The van der Waals surface area contributed by atoms with E-state index >= 15 is 0 Å². The highest BCUT2D eigenvalue weighted by Crippen LogP contribution is 2.55. The van der Waals surface area contributed by atoms with Gasteiger partial charge in [-0.05, 0) is 6.42 Å². The fourth-order valence-corrected chi connectivity index (χ4v) is 3.98. The molecule has 2 bridgehead atoms. The molecule has 1 aliphatic carbocycles. The molecule has 2 saturated heterocycles. The minimum absolute atomic E-state index is 0.0796. The molecular weight excluding hydrogens is 260 g/mol. The highest BCUT2D eigenvalue weighted by molar-refractivity contribution is 5.18. The van der Waals surface area contributed by atoms with Crippen molar-refractivity contribution >= 4 is 0 Å². The van der Waals surface area contributed by atoms with Crippen molar-refractivity contribution in [3.05, 3.63) is 20.2 Å². The van der Waals surface area contributed by atoms with Gasteiger partial charge in [-0.1, -0.05) is 0 Å². The van der Waals surface area contributed by atoms with Gasteiger partial charge in [0.15, 0.2) is 6.10 Å². The zero-order valence-corrected chi connectivity index (χ0v) is 9.92. The van der Waals surface area contributed by atoms with Crippen molar-refractivity contribution in [3.8, 4) is 0 Å². The van der Waals surface area contributed by atoms with Gasteiger partial charge in [-0.2, -0.15) is 0 Å². The lowest BCUT2D eigenvalue weighted by Crippen LogP contribution is -2.61. The van der Waals surface area contributed by atoms with Gasteiger partial charge >= 0.3 is 0 Å². The van der Waals surface area contributed by atoms with Crippen LogP contribution in [0.4, 0.5) is 0 Å². The van der Waals surface area contributed by atoms with Crippen LogP contribution in [0.5, 0.6) is 0 Å². The van der Waals surface area contributed by atoms with Gasteiger partial charge in [-0.3, -0.25) is 20.2 Å². The summed E-state index contributed by atoms with van der Waals surface area (Å²) in [7, 11) is 0. The molecule has 1 spiro atoms. The van der Waals surface area contributed by atoms with Crippen LogP contribution in [0.1, 0.15) is 19.3 Å². The number of hydrogen-bond donors (Lipinski definition) is 2. The second-order valence-electron chi connectivity index (χ2n) is 5.58. The first kappa shape index (κ1) is 12.7. The molecule has 0 aromatic heterocycles. The number of fused-ring (bicyclic) bond motifs is 1. The van der Waals surface area contributed by atoms with E-state index in [2.05, 4.69) is 0 Å². The first-order valence-electron chi connectivity index (χ1n) is 6.19. The minimum atomic E-state index is -1.35. The maximum atomic E-state index is 11.1. The Morgan fingerprint density at radius 1 is 1.16 bits per heavy atom. The third-order valence-electron chi connectivity index (χ3n) is 4.80. The van der Waals surface area contributed by atoms with E-state index in [1.54, 1.807) is 0 Å². The lowest BCUT2D eigenvalue weighted by molar-refractivity contribution is -0.548. The van der Waals surface area contributed by atoms with Crippen LogP contribution in [-0.4, -0.2) is 56.1 Å². The molecule has 1 saturated carbocycles. The molecule has 3 fully saturated rings. The Kier molecular flexibility index (Phi) is 2.57. The van der Waals surface area contributed by atoms with Gasteiger partial charge in [-0.25, -0.2) is 0 Å². The Hall–Kier alpha value is -1.32. The molecule has 2 heterocycles. The summed E-state index contributed by atoms with van der Waals surface area (Å²) >= 11 is 0. The number of aliphatic hydroxyl groups excluding tert-OH is 2. The van der Waals surface area contributed by atoms with Crippen molar-refractivity contribution in [2.24, 2.45) is 5.92 Å². The maximum Gasteiger partial charge on any atom is 0.247 e. The molecule has 9 heteroatoms. The highest BCUT2D eigenvalue weighted by atomic mass is 16.6. The summed E-state index contributed by atoms with van der Waals surface area (Å²) in [4.78, 5) is 21.1. The average Bonchev–Trinajstić information content (AvgIpc) is 2.81. The predicted molar refractivity (Wildman–Crippen MR) is 58.5 cm³/mol. The van der Waals surface area contributed by atoms with E-state index < -0.39 is 51.8 Å². The van der Waals surface area contributed by atoms with Crippen LogP contribution in [0.2, 0.25) is 0 Å². The van der Waals surface area contributed by atoms with Gasteiger partial charge in [0.05, 0.1) is 5.92 Å². The van der Waals surface area contributed by atoms with Crippen molar-refractivity contribution in [1.29, 1.82) is 0 Å². The van der Waals surface area contributed by atoms with Gasteiger partial charge in [0, 0.05) is 22.7 Å². The van der Waals surface area contributed by atoms with Crippen LogP contribution < -0.4 is 0 Å². The largest absolute Gasteiger partial charge is 0.387 e. The summed E-state index contributed by atoms with van der Waals surface area (Å²) in [6.45, 7) is 0. The van der Waals surface area contributed by atoms with Gasteiger partial charge in [0.1, 0.15) is 17.8 Å². The Labute approximate surface area is 107 Å². The van der Waals surface area contributed by atoms with Crippen LogP contribution in [0.25, 0.3) is 0 Å². The summed E-state index contributed by atoms with van der Waals surface area (Å²) in [5.41, 5.74) is -1.34. The molecule has 2 aliphatic heterocycles. The molecule has 9 nitrogen and oxygen atoms in total. The number of aliphatic hydroxyl groups is 2. The van der Waals surface area contributed by atoms with E-state index in [1.807, 2.05) is 0 Å². The second kappa shape index (κ2) is 3.84. The van der Waals surface area contributed by atoms with Crippen LogP contribution in [0, 0.1) is 26.1 Å². The maximum absolute atomic E-state index is 11.1. The normalized spacial score (nSPS) is 51.9. The molecular formula is C10H14N2O7. The first-order valence-corrected chi connectivity index (χ1v) is 6.19. The molecule has 7 atom stereocenters. The van der Waals surface area contributed by atoms with Crippen LogP contribution >= 0.6 is 0 Å². The van der Waals surface area contributed by atoms with Gasteiger partial charge < -0.3 is 14.9 Å². The zero-order valence-electron chi connectivity index (χ0n) is 9.92. The number of rotatable bonds is 2. The van der Waals surface area contributed by atoms with E-state index in [-0.39, 0.29) is 19.3 Å². The van der Waals surface area contributed by atoms with E-state index in [0.717, 1.165) is 0 Å². The Balaban J connectivity index is 1.97. The number of nitrogens with zero attached hydrogens (tertiary/aromatic N) is 2. The molecule has 0 aromatic carbocycles. The summed E-state index contributed by atoms with van der Waals surface area (Å²) in [5.74, 6) is -0.568. The topological polar surface area (TPSA) is 136 Å². The van der Waals surface area contributed by atoms with Crippen molar-refractivity contribution in [1.82, 2.24) is 0 Å². The van der Waals surface area contributed by atoms with E-state index in [4.69, 9.17) is 4.74 Å². The van der Waals surface area contributed by atoms with Crippen LogP contribution in [-0.2, 0) is 4.74 Å². The average molecular weight is 274 g/mol. The van der Waals surface area contributed by atoms with Crippen molar-refractivity contribution in [2.45, 2.75) is 55.3 Å². The standard InChI is InChI=1S/C10H14N2O7/c13-7-8-6(12(17)18)5-2-1-4(11(15)16)3-10(5,19-8)9(7)14/h4-9,13-14H,1-3H2/t4-,5+,6-,7-,8-,9-,10+/m1/s1. The van der Waals surface area contributed by atoms with E-state index in [0.29, 0.717) is 0 Å². The summed E-state index contributed by atoms with van der Waals surface area (Å²) < 4.78 is 5.50. The summed E-state index contributed by atoms with van der Waals surface area (Å²) in [6, 6.07) is -1.98. The Bertz CT molecular complexity index is 444. The summed E-state index contributed by atoms with van der Waals surface area (Å²) in [6.07, 6.45) is -3.29. The smallest absolute Gasteiger partial charge is 0.247 e. The van der Waals surface area contributed by atoms with Gasteiger partial charge in [0.25, 0.3) is 0 Å². The molecule has 2 N–H and O–H groups in total. The second-order valence-corrected chi connectivity index (χ2v) is 5.58. The lowest BCUT2D eigenvalue weighted by Gasteiger charge is -2.41. The molecule has 19 heavy (non-hydrogen) atoms. The number of hydrogen-bond acceptors (Lipinski definition) is 7. The van der Waals surface area contributed by atoms with Crippen LogP contribution in [0.15, 0.2) is 0 Å². The van der Waals surface area contributed by atoms with Gasteiger partial charge in [-0.15, -0.1) is 0 Å². The van der Waals surface area contributed by atoms with Crippen molar-refractivity contribution in [3.63, 3.8) is 0 Å². The Morgan fingerprint density at radius 2 is 1.84 bits per heavy atom. The Morgan fingerprint density at radius 3 is 2.42 bits per heavy atom. The van der Waals surface area contributed by atoms with Crippen LogP contribution in [0.3, 0.4) is 0 Å². The molecule has 0 aromatic rings. The van der Waals surface area contributed by atoms with Gasteiger partial charge in [0.2, 0.25) is 12.1 Å². The fourth-order valence-electron chi connectivity index (χ4n) is 3.98.